The predicted octanol–water partition coefficient (Wildman–Crippen LogP) is 2.65. The molecular formula is C19H27N3O3. The van der Waals surface area contributed by atoms with E-state index < -0.39 is 0 Å². The number of amides is 1. The molecule has 2 unspecified atom stereocenters. The van der Waals surface area contributed by atoms with Gasteiger partial charge in [0.25, 0.3) is 0 Å². The van der Waals surface area contributed by atoms with Crippen molar-refractivity contribution in [3.63, 3.8) is 0 Å². The monoisotopic (exact) mass is 345 g/mol. The summed E-state index contributed by atoms with van der Waals surface area (Å²) in [5.41, 5.74) is 1.89. The zero-order valence-corrected chi connectivity index (χ0v) is 15.4. The molecule has 1 aliphatic rings. The number of benzene rings is 1. The van der Waals surface area contributed by atoms with Gasteiger partial charge in [-0.3, -0.25) is 4.79 Å². The summed E-state index contributed by atoms with van der Waals surface area (Å²) >= 11 is 0. The standard InChI is InChI=1S/C19H27N3O3/c1-12(2)18-14(6-5-9-25-18)19(23)20-11-17-21-15-10-13(24-4)7-8-16(15)22(17)3/h7-8,10,12,14,18H,5-6,9,11H2,1-4H3,(H,20,23). The van der Waals surface area contributed by atoms with Crippen molar-refractivity contribution in [3.05, 3.63) is 24.0 Å². The first-order chi connectivity index (χ1) is 12.0. The lowest BCUT2D eigenvalue weighted by Gasteiger charge is -2.33. The van der Waals surface area contributed by atoms with Gasteiger partial charge in [-0.2, -0.15) is 0 Å². The quantitative estimate of drug-likeness (QED) is 0.905. The lowest BCUT2D eigenvalue weighted by molar-refractivity contribution is -0.137. The summed E-state index contributed by atoms with van der Waals surface area (Å²) < 4.78 is 13.1. The molecule has 1 N–H and O–H groups in total. The molecule has 1 aliphatic heterocycles. The SMILES string of the molecule is COc1ccc2c(c1)nc(CNC(=O)C1CCCOC1C(C)C)n2C. The molecule has 25 heavy (non-hydrogen) atoms. The Bertz CT molecular complexity index is 754. The number of nitrogens with zero attached hydrogens (tertiary/aromatic N) is 2. The van der Waals surface area contributed by atoms with Crippen LogP contribution in [0.15, 0.2) is 18.2 Å². The number of hydrogen-bond acceptors (Lipinski definition) is 4. The Kier molecular flexibility index (Phi) is 5.27. The van der Waals surface area contributed by atoms with Crippen LogP contribution in [0, 0.1) is 11.8 Å². The Hall–Kier alpha value is -2.08. The normalized spacial score (nSPS) is 20.8. The van der Waals surface area contributed by atoms with E-state index in [0.717, 1.165) is 42.1 Å². The van der Waals surface area contributed by atoms with Gasteiger partial charge < -0.3 is 19.4 Å². The van der Waals surface area contributed by atoms with Crippen LogP contribution in [-0.4, -0.2) is 35.3 Å². The van der Waals surface area contributed by atoms with Gasteiger partial charge >= 0.3 is 0 Å². The molecular weight excluding hydrogens is 318 g/mol. The van der Waals surface area contributed by atoms with Crippen LogP contribution in [0.3, 0.4) is 0 Å². The molecule has 2 aromatic rings. The number of nitrogens with one attached hydrogen (secondary N) is 1. The van der Waals surface area contributed by atoms with Crippen LogP contribution in [-0.2, 0) is 23.1 Å². The molecule has 136 valence electrons. The first-order valence-electron chi connectivity index (χ1n) is 8.90. The molecule has 1 saturated heterocycles. The summed E-state index contributed by atoms with van der Waals surface area (Å²) in [5.74, 6) is 1.92. The summed E-state index contributed by atoms with van der Waals surface area (Å²) in [5, 5.41) is 3.05. The number of carbonyl (C=O) groups is 1. The zero-order chi connectivity index (χ0) is 18.0. The summed E-state index contributed by atoms with van der Waals surface area (Å²) in [6.07, 6.45) is 1.82. The van der Waals surface area contributed by atoms with E-state index >= 15 is 0 Å². The van der Waals surface area contributed by atoms with Crippen LogP contribution in [0.25, 0.3) is 11.0 Å². The largest absolute Gasteiger partial charge is 0.497 e. The van der Waals surface area contributed by atoms with Crippen molar-refractivity contribution in [1.82, 2.24) is 14.9 Å². The fourth-order valence-corrected chi connectivity index (χ4v) is 3.55. The summed E-state index contributed by atoms with van der Waals surface area (Å²) in [6.45, 7) is 5.37. The first-order valence-corrected chi connectivity index (χ1v) is 8.90. The van der Waals surface area contributed by atoms with Gasteiger partial charge in [0.1, 0.15) is 11.6 Å². The van der Waals surface area contributed by atoms with Gasteiger partial charge in [-0.25, -0.2) is 4.98 Å². The van der Waals surface area contributed by atoms with E-state index in [-0.39, 0.29) is 17.9 Å². The Morgan fingerprint density at radius 3 is 3.00 bits per heavy atom. The third-order valence-corrected chi connectivity index (χ3v) is 4.96. The van der Waals surface area contributed by atoms with Crippen LogP contribution < -0.4 is 10.1 Å². The number of carbonyl (C=O) groups excluding carboxylic acids is 1. The van der Waals surface area contributed by atoms with Crippen molar-refractivity contribution in [2.45, 2.75) is 39.3 Å². The van der Waals surface area contributed by atoms with Crippen molar-refractivity contribution < 1.29 is 14.3 Å². The van der Waals surface area contributed by atoms with Crippen LogP contribution in [0.1, 0.15) is 32.5 Å². The van der Waals surface area contributed by atoms with E-state index in [9.17, 15) is 4.79 Å². The fraction of sp³-hybridized carbons (Fsp3) is 0.579. The molecule has 2 atom stereocenters. The van der Waals surface area contributed by atoms with Gasteiger partial charge in [0, 0.05) is 19.7 Å². The van der Waals surface area contributed by atoms with E-state index in [4.69, 9.17) is 9.47 Å². The van der Waals surface area contributed by atoms with Gasteiger partial charge in [0.05, 0.1) is 36.7 Å². The van der Waals surface area contributed by atoms with Gasteiger partial charge in [0.15, 0.2) is 0 Å². The third-order valence-electron chi connectivity index (χ3n) is 4.96. The Morgan fingerprint density at radius 1 is 1.48 bits per heavy atom. The van der Waals surface area contributed by atoms with Gasteiger partial charge in [-0.05, 0) is 30.9 Å². The number of ether oxygens (including phenoxy) is 2. The van der Waals surface area contributed by atoms with E-state index in [1.54, 1.807) is 7.11 Å². The van der Waals surface area contributed by atoms with Crippen molar-refractivity contribution >= 4 is 16.9 Å². The highest BCUT2D eigenvalue weighted by Crippen LogP contribution is 2.27. The number of rotatable bonds is 5. The fourth-order valence-electron chi connectivity index (χ4n) is 3.55. The van der Waals surface area contributed by atoms with Crippen molar-refractivity contribution in [1.29, 1.82) is 0 Å². The molecule has 1 amide bonds. The van der Waals surface area contributed by atoms with E-state index in [0.29, 0.717) is 12.5 Å². The third kappa shape index (κ3) is 3.63. The molecule has 0 saturated carbocycles. The smallest absolute Gasteiger partial charge is 0.226 e. The highest BCUT2D eigenvalue weighted by atomic mass is 16.5. The molecule has 6 heteroatoms. The minimum absolute atomic E-state index is 0.00143. The molecule has 0 bridgehead atoms. The highest BCUT2D eigenvalue weighted by Gasteiger charge is 2.33. The molecule has 3 rings (SSSR count). The summed E-state index contributed by atoms with van der Waals surface area (Å²) in [4.78, 5) is 17.3. The predicted molar refractivity (Wildman–Crippen MR) is 96.4 cm³/mol. The van der Waals surface area contributed by atoms with E-state index in [1.165, 1.54) is 0 Å². The lowest BCUT2D eigenvalue weighted by atomic mass is 9.87. The maximum absolute atomic E-state index is 12.7. The van der Waals surface area contributed by atoms with Crippen molar-refractivity contribution in [2.75, 3.05) is 13.7 Å². The zero-order valence-electron chi connectivity index (χ0n) is 15.4. The number of methoxy groups -OCH3 is 1. The maximum Gasteiger partial charge on any atom is 0.226 e. The molecule has 0 aliphatic carbocycles. The minimum atomic E-state index is -0.0801. The second-order valence-corrected chi connectivity index (χ2v) is 6.99. The van der Waals surface area contributed by atoms with Crippen molar-refractivity contribution in [3.8, 4) is 5.75 Å². The average molecular weight is 345 g/mol. The first kappa shape index (κ1) is 17.7. The van der Waals surface area contributed by atoms with E-state index in [1.807, 2.05) is 29.8 Å². The average Bonchev–Trinajstić information content (AvgIpc) is 2.94. The van der Waals surface area contributed by atoms with Gasteiger partial charge in [0.2, 0.25) is 5.91 Å². The second-order valence-electron chi connectivity index (χ2n) is 6.99. The maximum atomic E-state index is 12.7. The molecule has 0 radical (unpaired) electrons. The number of aromatic nitrogens is 2. The van der Waals surface area contributed by atoms with Gasteiger partial charge in [-0.1, -0.05) is 13.8 Å². The molecule has 0 spiro atoms. The van der Waals surface area contributed by atoms with E-state index in [2.05, 4.69) is 24.1 Å². The number of imidazole rings is 1. The Labute approximate surface area is 148 Å². The number of fused-ring (bicyclic) bond motifs is 1. The Balaban J connectivity index is 1.71. The summed E-state index contributed by atoms with van der Waals surface area (Å²) in [7, 11) is 3.60. The highest BCUT2D eigenvalue weighted by molar-refractivity contribution is 5.80. The Morgan fingerprint density at radius 2 is 2.28 bits per heavy atom. The molecule has 1 aromatic carbocycles. The number of hydrogen-bond donors (Lipinski definition) is 1. The lowest BCUT2D eigenvalue weighted by Crippen LogP contribution is -2.43. The van der Waals surface area contributed by atoms with Gasteiger partial charge in [-0.15, -0.1) is 0 Å². The molecule has 1 aromatic heterocycles. The van der Waals surface area contributed by atoms with Crippen LogP contribution in [0.2, 0.25) is 0 Å². The second kappa shape index (κ2) is 7.44. The van der Waals surface area contributed by atoms with Crippen molar-refractivity contribution in [2.24, 2.45) is 18.9 Å². The summed E-state index contributed by atoms with van der Waals surface area (Å²) in [6, 6.07) is 5.81. The topological polar surface area (TPSA) is 65.4 Å². The minimum Gasteiger partial charge on any atom is -0.497 e. The van der Waals surface area contributed by atoms with Crippen LogP contribution in [0.4, 0.5) is 0 Å². The van der Waals surface area contributed by atoms with Crippen LogP contribution in [0.5, 0.6) is 5.75 Å². The molecule has 6 nitrogen and oxygen atoms in total. The number of aryl methyl sites for hydroxylation is 1. The molecule has 2 heterocycles. The molecule has 1 fully saturated rings. The van der Waals surface area contributed by atoms with Crippen LogP contribution >= 0.6 is 0 Å².